The van der Waals surface area contributed by atoms with Crippen LogP contribution in [0, 0.1) is 11.8 Å². The molecule has 1 aromatic heterocycles. The molecule has 2 heterocycles. The van der Waals surface area contributed by atoms with Crippen molar-refractivity contribution in [3.63, 3.8) is 0 Å². The van der Waals surface area contributed by atoms with Crippen LogP contribution in [0.5, 0.6) is 0 Å². The van der Waals surface area contributed by atoms with Crippen LogP contribution in [0.15, 0.2) is 28.1 Å². The number of aromatic amines is 1. The first-order valence-electron chi connectivity index (χ1n) is 9.20. The molecule has 1 saturated heterocycles. The molecule has 1 aliphatic heterocycles. The zero-order valence-electron chi connectivity index (χ0n) is 17.3. The van der Waals surface area contributed by atoms with Crippen molar-refractivity contribution in [2.24, 2.45) is 17.6 Å². The lowest BCUT2D eigenvalue weighted by Crippen LogP contribution is -2.35. The number of hydrogen-bond donors (Lipinski definition) is 6. The summed E-state index contributed by atoms with van der Waals surface area (Å²) in [6.07, 6.45) is 2.38. The first-order valence-corrected chi connectivity index (χ1v) is 13.7. The van der Waals surface area contributed by atoms with Crippen molar-refractivity contribution in [1.29, 1.82) is 0 Å². The monoisotopic (exact) mass is 535 g/mol. The Kier molecular flexibility index (Phi) is 8.83. The van der Waals surface area contributed by atoms with E-state index in [0.717, 1.165) is 4.57 Å². The number of nitrogens with one attached hydrogen (secondary N) is 1. The van der Waals surface area contributed by atoms with Crippen LogP contribution in [-0.4, -0.2) is 41.8 Å². The van der Waals surface area contributed by atoms with E-state index >= 15 is 0 Å². The number of phosphoric acid groups is 3. The van der Waals surface area contributed by atoms with Crippen LogP contribution < -0.4 is 17.0 Å². The third kappa shape index (κ3) is 7.81. The second-order valence-corrected chi connectivity index (χ2v) is 11.5. The van der Waals surface area contributed by atoms with Crippen LogP contribution in [0.2, 0.25) is 0 Å². The van der Waals surface area contributed by atoms with Gasteiger partial charge >= 0.3 is 29.2 Å². The molecule has 7 N–H and O–H groups in total. The van der Waals surface area contributed by atoms with Crippen molar-refractivity contribution < 1.29 is 51.2 Å². The number of phosphoric ester groups is 1. The summed E-state index contributed by atoms with van der Waals surface area (Å²) in [5.74, 6) is -0.741. The number of allylic oxidation sites excluding steroid dienone is 1. The Morgan fingerprint density at radius 1 is 1.12 bits per heavy atom. The van der Waals surface area contributed by atoms with Gasteiger partial charge in [-0.05, 0) is 18.5 Å². The second-order valence-electron chi connectivity index (χ2n) is 7.12. The molecule has 188 valence electrons. The van der Waals surface area contributed by atoms with Crippen LogP contribution in [-0.2, 0) is 38.0 Å². The molecule has 0 spiro atoms. The molecule has 0 aromatic carbocycles. The van der Waals surface area contributed by atoms with Crippen LogP contribution in [0.4, 0.5) is 0 Å². The van der Waals surface area contributed by atoms with Crippen LogP contribution in [0.1, 0.15) is 25.6 Å². The number of H-pyrrole nitrogens is 1. The third-order valence-corrected chi connectivity index (χ3v) is 8.59. The Morgan fingerprint density at radius 2 is 1.76 bits per heavy atom. The van der Waals surface area contributed by atoms with E-state index in [-0.39, 0.29) is 23.8 Å². The smallest absolute Gasteiger partial charge is 0.405 e. The molecule has 6 unspecified atom stereocenters. The van der Waals surface area contributed by atoms with Gasteiger partial charge in [0.05, 0.1) is 12.7 Å². The van der Waals surface area contributed by atoms with Crippen LogP contribution in [0.3, 0.4) is 0 Å². The predicted octanol–water partition coefficient (Wildman–Crippen LogP) is 0.0644. The van der Waals surface area contributed by atoms with Gasteiger partial charge in [-0.1, -0.05) is 19.9 Å². The number of rotatable bonds is 10. The fourth-order valence-corrected chi connectivity index (χ4v) is 6.09. The molecule has 0 amide bonds. The van der Waals surface area contributed by atoms with Crippen molar-refractivity contribution in [1.82, 2.24) is 9.55 Å². The van der Waals surface area contributed by atoms with Gasteiger partial charge in [0.15, 0.2) is 0 Å². The van der Waals surface area contributed by atoms with Crippen LogP contribution in [0.25, 0.3) is 0 Å². The van der Waals surface area contributed by atoms with Gasteiger partial charge in [-0.15, -0.1) is 0 Å². The normalized spacial score (nSPS) is 27.5. The summed E-state index contributed by atoms with van der Waals surface area (Å²) in [4.78, 5) is 62.3. The Labute approximate surface area is 186 Å². The molecule has 1 aliphatic rings. The number of nitrogens with zero attached hydrogens (tertiary/aromatic N) is 1. The molecule has 0 radical (unpaired) electrons. The minimum atomic E-state index is -5.65. The number of hydrogen-bond acceptors (Lipinski definition) is 10. The summed E-state index contributed by atoms with van der Waals surface area (Å²) < 4.78 is 52.8. The van der Waals surface area contributed by atoms with Crippen molar-refractivity contribution in [2.45, 2.75) is 32.6 Å². The second kappa shape index (κ2) is 10.5. The minimum absolute atomic E-state index is 0.151. The molecule has 0 aliphatic carbocycles. The van der Waals surface area contributed by atoms with Gasteiger partial charge in [0.1, 0.15) is 6.23 Å². The van der Waals surface area contributed by atoms with E-state index in [4.69, 9.17) is 20.3 Å². The standard InChI is InChI=1S/C14H24N3O13P3/c1-8-9(2)13(17-6-10(4-3-5-15)12(18)16-14(17)19)28-11(8)7-27-32(23,24)30-33(25,26)29-31(20,21)22/h3,5-6,8-9,11,13H,4,7,15H2,1-2H3,(H,23,24)(H,25,26)(H,16,18,19)(H2,20,21,22)/b5-3+. The molecule has 1 fully saturated rings. The molecule has 19 heteroatoms. The highest BCUT2D eigenvalue weighted by atomic mass is 31.3. The third-order valence-electron chi connectivity index (χ3n) is 4.79. The summed E-state index contributed by atoms with van der Waals surface area (Å²) in [6, 6.07) is 0. The molecule has 2 rings (SSSR count). The first-order chi connectivity index (χ1) is 15.1. The number of ether oxygens (including phenoxy) is 1. The molecule has 0 saturated carbocycles. The molecular formula is C14H24N3O13P3. The zero-order chi connectivity index (χ0) is 25.2. The molecule has 1 aromatic rings. The van der Waals surface area contributed by atoms with E-state index in [1.807, 2.05) is 0 Å². The van der Waals surface area contributed by atoms with Crippen LogP contribution >= 0.6 is 23.5 Å². The maximum Gasteiger partial charge on any atom is 0.490 e. The van der Waals surface area contributed by atoms with Gasteiger partial charge in [0.25, 0.3) is 5.56 Å². The highest BCUT2D eigenvalue weighted by molar-refractivity contribution is 7.66. The molecule has 33 heavy (non-hydrogen) atoms. The minimum Gasteiger partial charge on any atom is -0.405 e. The summed E-state index contributed by atoms with van der Waals surface area (Å²) >= 11 is 0. The summed E-state index contributed by atoms with van der Waals surface area (Å²) in [5, 5.41) is 0. The Bertz CT molecular complexity index is 1140. The summed E-state index contributed by atoms with van der Waals surface area (Å²) in [7, 11) is -16.5. The number of aromatic nitrogens is 2. The SMILES string of the molecule is CC1C(COP(=O)(O)OP(=O)(O)OP(=O)(O)O)OC(n2cc(C/C=C/N)c(=O)[nH]c2=O)C1C. The lowest BCUT2D eigenvalue weighted by molar-refractivity contribution is -0.0371. The van der Waals surface area contributed by atoms with Gasteiger partial charge in [-0.3, -0.25) is 18.9 Å². The average molecular weight is 535 g/mol. The molecule has 6 atom stereocenters. The van der Waals surface area contributed by atoms with Gasteiger partial charge in [0.2, 0.25) is 0 Å². The quantitative estimate of drug-likeness (QED) is 0.217. The van der Waals surface area contributed by atoms with E-state index in [9.17, 15) is 33.1 Å². The van der Waals surface area contributed by atoms with Gasteiger partial charge in [0, 0.05) is 17.7 Å². The Balaban J connectivity index is 2.14. The van der Waals surface area contributed by atoms with Crippen molar-refractivity contribution in [3.8, 4) is 0 Å². The lowest BCUT2D eigenvalue weighted by Gasteiger charge is -2.20. The van der Waals surface area contributed by atoms with E-state index in [2.05, 4.69) is 18.1 Å². The fraction of sp³-hybridized carbons (Fsp3) is 0.571. The summed E-state index contributed by atoms with van der Waals surface area (Å²) in [6.45, 7) is 2.74. The van der Waals surface area contributed by atoms with Gasteiger partial charge in [-0.25, -0.2) is 18.5 Å². The van der Waals surface area contributed by atoms with E-state index in [1.165, 1.54) is 18.5 Å². The Hall–Kier alpha value is -1.41. The number of nitrogens with two attached hydrogens (primary N) is 1. The van der Waals surface area contributed by atoms with Crippen molar-refractivity contribution in [2.75, 3.05) is 6.61 Å². The maximum absolute atomic E-state index is 12.3. The highest BCUT2D eigenvalue weighted by Crippen LogP contribution is 2.66. The maximum atomic E-state index is 12.3. The average Bonchev–Trinajstić information content (AvgIpc) is 2.91. The van der Waals surface area contributed by atoms with Crippen molar-refractivity contribution in [3.05, 3.63) is 44.9 Å². The molecule has 16 nitrogen and oxygen atoms in total. The topological polar surface area (TPSA) is 250 Å². The van der Waals surface area contributed by atoms with Gasteiger partial charge in [-0.2, -0.15) is 8.62 Å². The lowest BCUT2D eigenvalue weighted by atomic mass is 9.93. The fourth-order valence-electron chi connectivity index (χ4n) is 3.06. The molecule has 0 bridgehead atoms. The first kappa shape index (κ1) is 27.8. The van der Waals surface area contributed by atoms with E-state index in [1.54, 1.807) is 13.8 Å². The van der Waals surface area contributed by atoms with Gasteiger partial charge < -0.3 is 30.0 Å². The van der Waals surface area contributed by atoms with E-state index < -0.39 is 53.7 Å². The largest absolute Gasteiger partial charge is 0.490 e. The molecular weight excluding hydrogens is 511 g/mol. The van der Waals surface area contributed by atoms with Crippen molar-refractivity contribution >= 4 is 23.5 Å². The predicted molar refractivity (Wildman–Crippen MR) is 110 cm³/mol. The summed E-state index contributed by atoms with van der Waals surface area (Å²) in [5.41, 5.74) is 4.16. The zero-order valence-corrected chi connectivity index (χ0v) is 20.0. The van der Waals surface area contributed by atoms with E-state index in [0.29, 0.717) is 0 Å². The Morgan fingerprint density at radius 3 is 2.33 bits per heavy atom. The highest BCUT2D eigenvalue weighted by Gasteiger charge is 2.44.